The third-order valence-electron chi connectivity index (χ3n) is 10.1. The van der Waals surface area contributed by atoms with E-state index >= 15 is 0 Å². The van der Waals surface area contributed by atoms with Gasteiger partial charge in [0, 0.05) is 19.3 Å². The van der Waals surface area contributed by atoms with Gasteiger partial charge in [-0.3, -0.25) is 14.4 Å². The molecular formula is C59H92O6. The first-order chi connectivity index (χ1) is 32.0. The van der Waals surface area contributed by atoms with Crippen molar-refractivity contribution in [1.29, 1.82) is 0 Å². The van der Waals surface area contributed by atoms with Crippen molar-refractivity contribution in [2.24, 2.45) is 0 Å². The molecule has 65 heavy (non-hydrogen) atoms. The van der Waals surface area contributed by atoms with Gasteiger partial charge in [0.25, 0.3) is 0 Å². The van der Waals surface area contributed by atoms with E-state index in [0.29, 0.717) is 12.8 Å². The van der Waals surface area contributed by atoms with Crippen LogP contribution in [0.25, 0.3) is 0 Å². The van der Waals surface area contributed by atoms with Crippen molar-refractivity contribution in [3.63, 3.8) is 0 Å². The molecule has 0 N–H and O–H groups in total. The Morgan fingerprint density at radius 2 is 0.662 bits per heavy atom. The zero-order chi connectivity index (χ0) is 47.2. The van der Waals surface area contributed by atoms with Crippen LogP contribution in [0.1, 0.15) is 201 Å². The lowest BCUT2D eigenvalue weighted by Gasteiger charge is -2.18. The van der Waals surface area contributed by atoms with Gasteiger partial charge in [0.05, 0.1) is 0 Å². The molecule has 1 atom stereocenters. The molecule has 0 saturated heterocycles. The minimum absolute atomic E-state index is 0.138. The Morgan fingerprint density at radius 1 is 0.323 bits per heavy atom. The molecule has 0 aliphatic carbocycles. The quantitative estimate of drug-likeness (QED) is 0.0262. The fourth-order valence-corrected chi connectivity index (χ4v) is 6.26. The first-order valence-electron chi connectivity index (χ1n) is 25.7. The number of allylic oxidation sites excluding steroid dienone is 22. The first-order valence-corrected chi connectivity index (χ1v) is 25.7. The summed E-state index contributed by atoms with van der Waals surface area (Å²) in [6, 6.07) is 0. The zero-order valence-corrected chi connectivity index (χ0v) is 41.4. The van der Waals surface area contributed by atoms with Gasteiger partial charge in [0.1, 0.15) is 13.2 Å². The summed E-state index contributed by atoms with van der Waals surface area (Å²) in [5.74, 6) is -1.10. The Bertz CT molecular complexity index is 1450. The van der Waals surface area contributed by atoms with Crippen LogP contribution in [0.2, 0.25) is 0 Å². The highest BCUT2D eigenvalue weighted by atomic mass is 16.6. The van der Waals surface area contributed by atoms with Crippen molar-refractivity contribution >= 4 is 17.9 Å². The number of unbranched alkanes of at least 4 members (excludes halogenated alkanes) is 11. The molecule has 0 aromatic carbocycles. The summed E-state index contributed by atoms with van der Waals surface area (Å²) in [5.41, 5.74) is 0. The van der Waals surface area contributed by atoms with Crippen LogP contribution in [-0.2, 0) is 28.6 Å². The van der Waals surface area contributed by atoms with Crippen LogP contribution in [0, 0.1) is 0 Å². The van der Waals surface area contributed by atoms with Gasteiger partial charge in [0.15, 0.2) is 6.10 Å². The van der Waals surface area contributed by atoms with Gasteiger partial charge in [-0.1, -0.05) is 199 Å². The van der Waals surface area contributed by atoms with Crippen molar-refractivity contribution in [1.82, 2.24) is 0 Å². The van der Waals surface area contributed by atoms with Gasteiger partial charge in [-0.05, 0) is 116 Å². The van der Waals surface area contributed by atoms with Crippen LogP contribution in [0.4, 0.5) is 0 Å². The second kappa shape index (κ2) is 52.2. The van der Waals surface area contributed by atoms with Crippen LogP contribution >= 0.6 is 0 Å². The molecule has 6 nitrogen and oxygen atoms in total. The van der Waals surface area contributed by atoms with Gasteiger partial charge in [-0.2, -0.15) is 0 Å². The van der Waals surface area contributed by atoms with Crippen LogP contribution in [0.3, 0.4) is 0 Å². The van der Waals surface area contributed by atoms with E-state index < -0.39 is 6.10 Å². The molecule has 0 amide bonds. The first kappa shape index (κ1) is 60.6. The fourth-order valence-electron chi connectivity index (χ4n) is 6.26. The lowest BCUT2D eigenvalue weighted by atomic mass is 10.1. The van der Waals surface area contributed by atoms with Crippen molar-refractivity contribution in [3.05, 3.63) is 134 Å². The number of esters is 3. The topological polar surface area (TPSA) is 78.9 Å². The number of hydrogen-bond acceptors (Lipinski definition) is 6. The number of ether oxygens (including phenoxy) is 3. The van der Waals surface area contributed by atoms with E-state index in [4.69, 9.17) is 14.2 Å². The molecule has 6 heteroatoms. The third-order valence-corrected chi connectivity index (χ3v) is 10.1. The minimum atomic E-state index is -0.839. The van der Waals surface area contributed by atoms with Crippen LogP contribution < -0.4 is 0 Å². The monoisotopic (exact) mass is 897 g/mol. The normalized spacial score (nSPS) is 13.2. The van der Waals surface area contributed by atoms with E-state index in [2.05, 4.69) is 142 Å². The molecule has 0 aromatic rings. The van der Waals surface area contributed by atoms with E-state index in [1.54, 1.807) is 0 Å². The molecule has 0 spiro atoms. The Kier molecular flexibility index (Phi) is 48.6. The van der Waals surface area contributed by atoms with Crippen molar-refractivity contribution in [2.45, 2.75) is 207 Å². The van der Waals surface area contributed by atoms with Gasteiger partial charge in [0.2, 0.25) is 0 Å². The lowest BCUT2D eigenvalue weighted by molar-refractivity contribution is -0.166. The SMILES string of the molecule is CC/C=C\C/C=C\C/C=C\C/C=C\C/C=C\C/C=C\CCC(=O)OC[C@H](COC(=O)CCC/C=C\C/C=C\C/C=C\C/C=C\CCCCC)OC(=O)CCCCCCC/C=C\CCCC. The zero-order valence-electron chi connectivity index (χ0n) is 41.4. The number of rotatable bonds is 44. The van der Waals surface area contributed by atoms with E-state index in [1.165, 1.54) is 38.5 Å². The molecule has 0 bridgehead atoms. The largest absolute Gasteiger partial charge is 0.462 e. The van der Waals surface area contributed by atoms with Gasteiger partial charge in [-0.15, -0.1) is 0 Å². The predicted octanol–water partition coefficient (Wildman–Crippen LogP) is 17.1. The minimum Gasteiger partial charge on any atom is -0.462 e. The van der Waals surface area contributed by atoms with E-state index in [-0.39, 0.29) is 50.4 Å². The molecule has 0 saturated carbocycles. The van der Waals surface area contributed by atoms with Crippen molar-refractivity contribution < 1.29 is 28.6 Å². The lowest BCUT2D eigenvalue weighted by Crippen LogP contribution is -2.30. The summed E-state index contributed by atoms with van der Waals surface area (Å²) in [6.45, 7) is 6.31. The summed E-state index contributed by atoms with van der Waals surface area (Å²) in [7, 11) is 0. The predicted molar refractivity (Wildman–Crippen MR) is 279 cm³/mol. The highest BCUT2D eigenvalue weighted by Crippen LogP contribution is 2.11. The Labute approximate surface area is 398 Å². The van der Waals surface area contributed by atoms with Gasteiger partial charge in [-0.25, -0.2) is 0 Å². The molecule has 364 valence electrons. The number of hydrogen-bond donors (Lipinski definition) is 0. The number of carbonyl (C=O) groups excluding carboxylic acids is 3. The number of carbonyl (C=O) groups is 3. The molecule has 0 aromatic heterocycles. The summed E-state index contributed by atoms with van der Waals surface area (Å²) in [4.78, 5) is 37.9. The second-order valence-corrected chi connectivity index (χ2v) is 16.3. The second-order valence-electron chi connectivity index (χ2n) is 16.3. The fraction of sp³-hybridized carbons (Fsp3) is 0.576. The van der Waals surface area contributed by atoms with E-state index in [0.717, 1.165) is 109 Å². The van der Waals surface area contributed by atoms with Crippen LogP contribution in [-0.4, -0.2) is 37.2 Å². The Balaban J connectivity index is 4.59. The van der Waals surface area contributed by atoms with Crippen molar-refractivity contribution in [3.8, 4) is 0 Å². The maximum atomic E-state index is 12.8. The van der Waals surface area contributed by atoms with Crippen molar-refractivity contribution in [2.75, 3.05) is 13.2 Å². The molecule has 0 unspecified atom stereocenters. The van der Waals surface area contributed by atoms with E-state index in [1.807, 2.05) is 12.2 Å². The van der Waals surface area contributed by atoms with Crippen LogP contribution in [0.5, 0.6) is 0 Å². The molecule has 0 heterocycles. The Morgan fingerprint density at radius 3 is 1.14 bits per heavy atom. The van der Waals surface area contributed by atoms with Gasteiger partial charge >= 0.3 is 17.9 Å². The van der Waals surface area contributed by atoms with E-state index in [9.17, 15) is 14.4 Å². The maximum absolute atomic E-state index is 12.8. The molecule has 0 aliphatic rings. The Hall–Kier alpha value is -4.45. The average Bonchev–Trinajstić information content (AvgIpc) is 3.30. The summed E-state index contributed by atoms with van der Waals surface area (Å²) >= 11 is 0. The summed E-state index contributed by atoms with van der Waals surface area (Å²) in [5, 5.41) is 0. The standard InChI is InChI=1S/C59H92O6/c1-4-7-10-13-16-19-22-24-26-28-29-31-33-35-38-40-43-46-49-52-58(61)64-55-56(65-59(62)53-50-47-44-41-36-21-18-15-12-9-6-3)54-63-57(60)51-48-45-42-39-37-34-32-30-27-25-23-20-17-14-11-8-5-2/h7,10,15-20,24-27,29,31-32,34-35,38-39,42-43,46,56H,4-6,8-9,11-14,21-23,28,30,33,36-37,40-41,44-45,47-55H2,1-3H3/b10-7-,18-15-,19-16-,20-17-,26-24-,27-25-,31-29-,34-32-,38-35-,42-39-,46-43-/t56-/m0/s1. The average molecular weight is 897 g/mol. The molecule has 0 rings (SSSR count). The summed E-state index contributed by atoms with van der Waals surface area (Å²) < 4.78 is 16.6. The highest BCUT2D eigenvalue weighted by molar-refractivity contribution is 5.71. The highest BCUT2D eigenvalue weighted by Gasteiger charge is 2.19. The summed E-state index contributed by atoms with van der Waals surface area (Å²) in [6.07, 6.45) is 73.1. The molecule has 0 aliphatic heterocycles. The molecule has 0 fully saturated rings. The van der Waals surface area contributed by atoms with Gasteiger partial charge < -0.3 is 14.2 Å². The maximum Gasteiger partial charge on any atom is 0.306 e. The molecule has 0 radical (unpaired) electrons. The van der Waals surface area contributed by atoms with Crippen LogP contribution in [0.15, 0.2) is 134 Å². The third kappa shape index (κ3) is 50.4. The molecular weight excluding hydrogens is 805 g/mol. The smallest absolute Gasteiger partial charge is 0.306 e.